The molecule has 7 heteroatoms. The van der Waals surface area contributed by atoms with Gasteiger partial charge in [0.2, 0.25) is 5.95 Å². The number of methoxy groups -OCH3 is 1. The molecule has 2 heterocycles. The molecule has 126 valence electrons. The van der Waals surface area contributed by atoms with E-state index in [1.807, 2.05) is 18.2 Å². The highest BCUT2D eigenvalue weighted by Gasteiger charge is 2.06. The summed E-state index contributed by atoms with van der Waals surface area (Å²) in [6.07, 6.45) is 5.16. The molecule has 0 amide bonds. The van der Waals surface area contributed by atoms with Crippen LogP contribution in [-0.4, -0.2) is 28.0 Å². The van der Waals surface area contributed by atoms with Gasteiger partial charge in [-0.3, -0.25) is 4.98 Å². The van der Waals surface area contributed by atoms with Crippen LogP contribution in [-0.2, 0) is 11.3 Å². The zero-order valence-corrected chi connectivity index (χ0v) is 13.6. The van der Waals surface area contributed by atoms with Gasteiger partial charge in [-0.25, -0.2) is 9.78 Å². The van der Waals surface area contributed by atoms with Gasteiger partial charge in [-0.05, 0) is 42.0 Å². The molecular weight excluding hydrogens is 318 g/mol. The Morgan fingerprint density at radius 1 is 1.12 bits per heavy atom. The Kier molecular flexibility index (Phi) is 5.16. The standard InChI is InChI=1S/C18H17N5O2/c1-25-17(24)14-3-2-4-15(11-14)22-18-20-10-7-16(23-18)21-12-13-5-8-19-9-6-13/h2-11H,12H2,1H3,(H2,20,21,22,23). The number of nitrogens with zero attached hydrogens (tertiary/aromatic N) is 3. The third kappa shape index (κ3) is 4.51. The van der Waals surface area contributed by atoms with Crippen LogP contribution in [0, 0.1) is 0 Å². The van der Waals surface area contributed by atoms with E-state index in [1.54, 1.807) is 42.9 Å². The highest BCUT2D eigenvalue weighted by molar-refractivity contribution is 5.90. The van der Waals surface area contributed by atoms with Crippen molar-refractivity contribution in [1.82, 2.24) is 15.0 Å². The van der Waals surface area contributed by atoms with Crippen molar-refractivity contribution in [2.45, 2.75) is 6.54 Å². The Bertz CT molecular complexity index is 855. The summed E-state index contributed by atoms with van der Waals surface area (Å²) in [6.45, 7) is 0.636. The number of nitrogens with one attached hydrogen (secondary N) is 2. The SMILES string of the molecule is COC(=O)c1cccc(Nc2nccc(NCc3ccncc3)n2)c1. The van der Waals surface area contributed by atoms with Crippen molar-refractivity contribution in [3.63, 3.8) is 0 Å². The fourth-order valence-electron chi connectivity index (χ4n) is 2.18. The van der Waals surface area contributed by atoms with Crippen LogP contribution in [0.5, 0.6) is 0 Å². The van der Waals surface area contributed by atoms with Gasteiger partial charge < -0.3 is 15.4 Å². The van der Waals surface area contributed by atoms with E-state index in [9.17, 15) is 4.79 Å². The van der Waals surface area contributed by atoms with Crippen LogP contribution in [0.4, 0.5) is 17.5 Å². The molecule has 0 aliphatic rings. The smallest absolute Gasteiger partial charge is 0.337 e. The monoisotopic (exact) mass is 335 g/mol. The third-order valence-corrected chi connectivity index (χ3v) is 3.42. The second-order valence-corrected chi connectivity index (χ2v) is 5.17. The van der Waals surface area contributed by atoms with Crippen LogP contribution in [0.1, 0.15) is 15.9 Å². The first-order valence-electron chi connectivity index (χ1n) is 7.66. The molecule has 0 aliphatic heterocycles. The Balaban J connectivity index is 1.68. The van der Waals surface area contributed by atoms with Crippen LogP contribution in [0.3, 0.4) is 0 Å². The van der Waals surface area contributed by atoms with Crippen molar-refractivity contribution in [3.05, 3.63) is 72.2 Å². The number of carbonyl (C=O) groups is 1. The average Bonchev–Trinajstić information content (AvgIpc) is 2.67. The van der Waals surface area contributed by atoms with Crippen LogP contribution in [0.15, 0.2) is 61.1 Å². The molecule has 2 aromatic heterocycles. The van der Waals surface area contributed by atoms with E-state index in [2.05, 4.69) is 25.6 Å². The predicted octanol–water partition coefficient (Wildman–Crippen LogP) is 3.01. The molecule has 7 nitrogen and oxygen atoms in total. The van der Waals surface area contributed by atoms with Crippen LogP contribution >= 0.6 is 0 Å². The largest absolute Gasteiger partial charge is 0.465 e. The number of carbonyl (C=O) groups excluding carboxylic acids is 1. The second kappa shape index (κ2) is 7.87. The minimum absolute atomic E-state index is 0.391. The maximum atomic E-state index is 11.6. The average molecular weight is 335 g/mol. The quantitative estimate of drug-likeness (QED) is 0.669. The Morgan fingerprint density at radius 2 is 1.96 bits per heavy atom. The maximum absolute atomic E-state index is 11.6. The molecule has 1 aromatic carbocycles. The predicted molar refractivity (Wildman–Crippen MR) is 94.7 cm³/mol. The van der Waals surface area contributed by atoms with Crippen molar-refractivity contribution < 1.29 is 9.53 Å². The first-order chi connectivity index (χ1) is 12.2. The zero-order valence-electron chi connectivity index (χ0n) is 13.6. The number of pyridine rings is 1. The van der Waals surface area contributed by atoms with Crippen molar-refractivity contribution in [2.24, 2.45) is 0 Å². The molecule has 0 radical (unpaired) electrons. The van der Waals surface area contributed by atoms with E-state index >= 15 is 0 Å². The molecule has 0 atom stereocenters. The van der Waals surface area contributed by atoms with Gasteiger partial charge in [0.25, 0.3) is 0 Å². The molecule has 3 aromatic rings. The Hall–Kier alpha value is -3.48. The van der Waals surface area contributed by atoms with Gasteiger partial charge in [-0.15, -0.1) is 0 Å². The molecule has 0 spiro atoms. The lowest BCUT2D eigenvalue weighted by Gasteiger charge is -2.09. The van der Waals surface area contributed by atoms with Crippen molar-refractivity contribution in [1.29, 1.82) is 0 Å². The van der Waals surface area contributed by atoms with E-state index in [-0.39, 0.29) is 0 Å². The Morgan fingerprint density at radius 3 is 2.76 bits per heavy atom. The summed E-state index contributed by atoms with van der Waals surface area (Å²) in [4.78, 5) is 24.2. The summed E-state index contributed by atoms with van der Waals surface area (Å²) < 4.78 is 4.72. The van der Waals surface area contributed by atoms with Crippen molar-refractivity contribution >= 4 is 23.4 Å². The highest BCUT2D eigenvalue weighted by atomic mass is 16.5. The fraction of sp³-hybridized carbons (Fsp3) is 0.111. The molecule has 0 fully saturated rings. The number of ether oxygens (including phenoxy) is 1. The lowest BCUT2D eigenvalue weighted by atomic mass is 10.2. The first-order valence-corrected chi connectivity index (χ1v) is 7.66. The molecule has 0 aliphatic carbocycles. The lowest BCUT2D eigenvalue weighted by Crippen LogP contribution is -2.05. The lowest BCUT2D eigenvalue weighted by molar-refractivity contribution is 0.0601. The maximum Gasteiger partial charge on any atom is 0.337 e. The first kappa shape index (κ1) is 16.4. The fourth-order valence-corrected chi connectivity index (χ4v) is 2.18. The summed E-state index contributed by atoms with van der Waals surface area (Å²) in [7, 11) is 1.35. The second-order valence-electron chi connectivity index (χ2n) is 5.17. The third-order valence-electron chi connectivity index (χ3n) is 3.42. The number of hydrogen-bond acceptors (Lipinski definition) is 7. The van der Waals surface area contributed by atoms with Crippen LogP contribution < -0.4 is 10.6 Å². The molecule has 0 saturated heterocycles. The van der Waals surface area contributed by atoms with E-state index in [1.165, 1.54) is 7.11 Å². The number of hydrogen-bond donors (Lipinski definition) is 2. The summed E-state index contributed by atoms with van der Waals surface area (Å²) in [5.41, 5.74) is 2.27. The molecule has 0 bridgehead atoms. The Labute approximate surface area is 145 Å². The highest BCUT2D eigenvalue weighted by Crippen LogP contribution is 2.16. The normalized spacial score (nSPS) is 10.1. The van der Waals surface area contributed by atoms with Gasteiger partial charge in [-0.1, -0.05) is 6.07 Å². The molecule has 2 N–H and O–H groups in total. The zero-order chi connectivity index (χ0) is 17.5. The number of esters is 1. The molecular formula is C18H17N5O2. The van der Waals surface area contributed by atoms with Gasteiger partial charge in [-0.2, -0.15) is 4.98 Å². The van der Waals surface area contributed by atoms with Crippen molar-refractivity contribution in [3.8, 4) is 0 Å². The molecule has 0 saturated carbocycles. The summed E-state index contributed by atoms with van der Waals surface area (Å²) in [6, 6.07) is 12.6. The number of rotatable bonds is 6. The topological polar surface area (TPSA) is 89.0 Å². The van der Waals surface area contributed by atoms with Gasteiger partial charge in [0.05, 0.1) is 12.7 Å². The minimum Gasteiger partial charge on any atom is -0.465 e. The molecule has 25 heavy (non-hydrogen) atoms. The van der Waals surface area contributed by atoms with E-state index < -0.39 is 5.97 Å². The van der Waals surface area contributed by atoms with E-state index in [4.69, 9.17) is 4.74 Å². The number of benzene rings is 1. The van der Waals surface area contributed by atoms with Crippen LogP contribution in [0.25, 0.3) is 0 Å². The molecule has 3 rings (SSSR count). The summed E-state index contributed by atoms with van der Waals surface area (Å²) >= 11 is 0. The summed E-state index contributed by atoms with van der Waals surface area (Å²) in [5, 5.41) is 6.31. The van der Waals surface area contributed by atoms with Gasteiger partial charge in [0, 0.05) is 30.8 Å². The summed E-state index contributed by atoms with van der Waals surface area (Å²) in [5.74, 6) is 0.734. The number of anilines is 3. The van der Waals surface area contributed by atoms with Gasteiger partial charge in [0.15, 0.2) is 0 Å². The molecule has 0 unspecified atom stereocenters. The number of aromatic nitrogens is 3. The minimum atomic E-state index is -0.391. The van der Waals surface area contributed by atoms with Crippen LogP contribution in [0.2, 0.25) is 0 Å². The van der Waals surface area contributed by atoms with Crippen molar-refractivity contribution in [2.75, 3.05) is 17.7 Å². The van der Waals surface area contributed by atoms with Gasteiger partial charge in [0.1, 0.15) is 5.82 Å². The van der Waals surface area contributed by atoms with Gasteiger partial charge >= 0.3 is 5.97 Å². The van der Waals surface area contributed by atoms with E-state index in [0.29, 0.717) is 29.6 Å². The van der Waals surface area contributed by atoms with E-state index in [0.717, 1.165) is 5.56 Å².